The van der Waals surface area contributed by atoms with Gasteiger partial charge in [-0.3, -0.25) is 4.99 Å². The summed E-state index contributed by atoms with van der Waals surface area (Å²) in [4.78, 5) is 4.48. The Morgan fingerprint density at radius 3 is 2.59 bits per heavy atom. The van der Waals surface area contributed by atoms with Gasteiger partial charge in [0.05, 0.1) is 9.52 Å². The molecule has 114 valence electrons. The second-order valence-corrected chi connectivity index (χ2v) is 7.42. The van der Waals surface area contributed by atoms with Gasteiger partial charge in [-0.2, -0.15) is 0 Å². The molecule has 0 spiro atoms. The molecule has 3 rings (SSSR count). The Morgan fingerprint density at radius 2 is 1.95 bits per heavy atom. The van der Waals surface area contributed by atoms with E-state index in [4.69, 9.17) is 27.9 Å². The van der Waals surface area contributed by atoms with Gasteiger partial charge >= 0.3 is 0 Å². The van der Waals surface area contributed by atoms with Crippen molar-refractivity contribution in [2.24, 2.45) is 4.99 Å². The van der Waals surface area contributed by atoms with Crippen molar-refractivity contribution in [1.29, 1.82) is 0 Å². The van der Waals surface area contributed by atoms with E-state index >= 15 is 0 Å². The monoisotopic (exact) mass is 415 g/mol. The minimum absolute atomic E-state index is 0.326. The first kappa shape index (κ1) is 16.2. The fourth-order valence-corrected chi connectivity index (χ4v) is 3.93. The van der Waals surface area contributed by atoms with Crippen molar-refractivity contribution in [3.05, 3.63) is 62.0 Å². The highest BCUT2D eigenvalue weighted by Gasteiger charge is 2.13. The number of thioether (sulfide) groups is 1. The SMILES string of the molecule is Clc1cccc(Cl)c1COc1ccc(C2=NCCS2)cc1Br. The molecule has 0 fully saturated rings. The molecule has 2 aromatic carbocycles. The zero-order valence-electron chi connectivity index (χ0n) is 11.5. The van der Waals surface area contributed by atoms with Gasteiger partial charge in [-0.25, -0.2) is 0 Å². The summed E-state index contributed by atoms with van der Waals surface area (Å²) in [6, 6.07) is 11.4. The second-order valence-electron chi connectivity index (χ2n) is 4.67. The van der Waals surface area contributed by atoms with E-state index in [1.807, 2.05) is 24.3 Å². The van der Waals surface area contributed by atoms with Crippen LogP contribution >= 0.6 is 50.9 Å². The van der Waals surface area contributed by atoms with Crippen LogP contribution < -0.4 is 4.74 Å². The second kappa shape index (κ2) is 7.26. The van der Waals surface area contributed by atoms with E-state index < -0.39 is 0 Å². The standard InChI is InChI=1S/C16H12BrCl2NOS/c17-12-8-10(16-20-6-7-22-16)4-5-15(12)21-9-11-13(18)2-1-3-14(11)19/h1-5,8H,6-7,9H2. The Bertz CT molecular complexity index is 716. The van der Waals surface area contributed by atoms with Gasteiger partial charge in [-0.05, 0) is 46.3 Å². The summed E-state index contributed by atoms with van der Waals surface area (Å²) in [6.45, 7) is 1.22. The number of rotatable bonds is 4. The molecule has 0 saturated heterocycles. The number of halogens is 3. The molecule has 0 saturated carbocycles. The average molecular weight is 417 g/mol. The summed E-state index contributed by atoms with van der Waals surface area (Å²) in [7, 11) is 0. The lowest BCUT2D eigenvalue weighted by Crippen LogP contribution is -1.99. The van der Waals surface area contributed by atoms with Crippen molar-refractivity contribution in [2.75, 3.05) is 12.3 Å². The van der Waals surface area contributed by atoms with E-state index in [1.54, 1.807) is 23.9 Å². The summed E-state index contributed by atoms with van der Waals surface area (Å²) in [5.74, 6) is 1.80. The number of hydrogen-bond acceptors (Lipinski definition) is 3. The van der Waals surface area contributed by atoms with Gasteiger partial charge in [0.2, 0.25) is 0 Å². The largest absolute Gasteiger partial charge is 0.488 e. The van der Waals surface area contributed by atoms with Crippen LogP contribution in [-0.2, 0) is 6.61 Å². The van der Waals surface area contributed by atoms with Crippen LogP contribution in [0.15, 0.2) is 45.9 Å². The molecule has 1 aliphatic heterocycles. The van der Waals surface area contributed by atoms with Crippen molar-refractivity contribution < 1.29 is 4.74 Å². The Balaban J connectivity index is 1.76. The molecule has 0 atom stereocenters. The third-order valence-electron chi connectivity index (χ3n) is 3.20. The van der Waals surface area contributed by atoms with Crippen molar-refractivity contribution in [3.63, 3.8) is 0 Å². The van der Waals surface area contributed by atoms with Gasteiger partial charge in [0, 0.05) is 33.5 Å². The van der Waals surface area contributed by atoms with Crippen LogP contribution in [0.2, 0.25) is 10.0 Å². The predicted octanol–water partition coefficient (Wildman–Crippen LogP) is 5.83. The highest BCUT2D eigenvalue weighted by atomic mass is 79.9. The van der Waals surface area contributed by atoms with Crippen LogP contribution in [0.25, 0.3) is 0 Å². The topological polar surface area (TPSA) is 21.6 Å². The Labute approximate surface area is 152 Å². The Kier molecular flexibility index (Phi) is 5.34. The fourth-order valence-electron chi connectivity index (χ4n) is 2.08. The number of benzene rings is 2. The van der Waals surface area contributed by atoms with Gasteiger partial charge in [0.1, 0.15) is 12.4 Å². The normalized spacial score (nSPS) is 14.0. The summed E-state index contributed by atoms with van der Waals surface area (Å²) in [5, 5.41) is 2.30. The molecule has 2 aromatic rings. The van der Waals surface area contributed by atoms with Gasteiger partial charge in [-0.1, -0.05) is 29.3 Å². The molecule has 6 heteroatoms. The first-order valence-corrected chi connectivity index (χ1v) is 9.21. The van der Waals surface area contributed by atoms with E-state index in [-0.39, 0.29) is 0 Å². The highest BCUT2D eigenvalue weighted by Crippen LogP contribution is 2.31. The molecular weight excluding hydrogens is 405 g/mol. The third kappa shape index (κ3) is 3.62. The molecule has 0 radical (unpaired) electrons. The van der Waals surface area contributed by atoms with Crippen LogP contribution in [0.3, 0.4) is 0 Å². The number of aliphatic imine (C=N–C) groups is 1. The maximum absolute atomic E-state index is 6.15. The first-order valence-electron chi connectivity index (χ1n) is 6.68. The van der Waals surface area contributed by atoms with E-state index in [0.29, 0.717) is 16.7 Å². The molecule has 0 amide bonds. The van der Waals surface area contributed by atoms with Crippen molar-refractivity contribution in [3.8, 4) is 5.75 Å². The van der Waals surface area contributed by atoms with Crippen LogP contribution in [0.1, 0.15) is 11.1 Å². The molecule has 0 aliphatic carbocycles. The molecule has 0 aromatic heterocycles. The summed E-state index contributed by atoms with van der Waals surface area (Å²) >= 11 is 17.6. The average Bonchev–Trinajstić information content (AvgIpc) is 3.02. The van der Waals surface area contributed by atoms with Crippen molar-refractivity contribution in [2.45, 2.75) is 6.61 Å². The van der Waals surface area contributed by atoms with Crippen molar-refractivity contribution >= 4 is 55.9 Å². The number of ether oxygens (including phenoxy) is 1. The number of hydrogen-bond donors (Lipinski definition) is 0. The van der Waals surface area contributed by atoms with Crippen molar-refractivity contribution in [1.82, 2.24) is 0 Å². The lowest BCUT2D eigenvalue weighted by Gasteiger charge is -2.12. The van der Waals surface area contributed by atoms with Crippen LogP contribution in [0, 0.1) is 0 Å². The predicted molar refractivity (Wildman–Crippen MR) is 98.8 cm³/mol. The molecule has 0 bridgehead atoms. The molecule has 0 N–H and O–H groups in total. The van der Waals surface area contributed by atoms with Gasteiger partial charge in [0.25, 0.3) is 0 Å². The van der Waals surface area contributed by atoms with Gasteiger partial charge in [0.15, 0.2) is 0 Å². The van der Waals surface area contributed by atoms with Crippen LogP contribution in [0.5, 0.6) is 5.75 Å². The Morgan fingerprint density at radius 1 is 1.18 bits per heavy atom. The highest BCUT2D eigenvalue weighted by molar-refractivity contribution is 9.10. The molecule has 2 nitrogen and oxygen atoms in total. The zero-order chi connectivity index (χ0) is 15.5. The molecule has 22 heavy (non-hydrogen) atoms. The minimum atomic E-state index is 0.326. The van der Waals surface area contributed by atoms with E-state index in [0.717, 1.165) is 38.7 Å². The maximum Gasteiger partial charge on any atom is 0.134 e. The van der Waals surface area contributed by atoms with Gasteiger partial charge < -0.3 is 4.74 Å². The van der Waals surface area contributed by atoms with Crippen LogP contribution in [-0.4, -0.2) is 17.3 Å². The lowest BCUT2D eigenvalue weighted by atomic mass is 10.2. The third-order valence-corrected chi connectivity index (χ3v) is 5.55. The van der Waals surface area contributed by atoms with Gasteiger partial charge in [-0.15, -0.1) is 11.8 Å². The minimum Gasteiger partial charge on any atom is -0.488 e. The zero-order valence-corrected chi connectivity index (χ0v) is 15.4. The molecule has 1 aliphatic rings. The summed E-state index contributed by atoms with van der Waals surface area (Å²) in [5.41, 5.74) is 1.90. The van der Waals surface area contributed by atoms with E-state index in [1.165, 1.54) is 0 Å². The van der Waals surface area contributed by atoms with E-state index in [9.17, 15) is 0 Å². The van der Waals surface area contributed by atoms with Crippen LogP contribution in [0.4, 0.5) is 0 Å². The number of nitrogens with zero attached hydrogens (tertiary/aromatic N) is 1. The first-order chi connectivity index (χ1) is 10.6. The summed E-state index contributed by atoms with van der Waals surface area (Å²) < 4.78 is 6.73. The lowest BCUT2D eigenvalue weighted by molar-refractivity contribution is 0.304. The smallest absolute Gasteiger partial charge is 0.134 e. The molecule has 0 unspecified atom stereocenters. The Hall–Kier alpha value is -0.680. The quantitative estimate of drug-likeness (QED) is 0.625. The molecular formula is C16H12BrCl2NOS. The summed E-state index contributed by atoms with van der Waals surface area (Å²) in [6.07, 6.45) is 0. The molecule has 1 heterocycles. The maximum atomic E-state index is 6.15. The fraction of sp³-hybridized carbons (Fsp3) is 0.188. The van der Waals surface area contributed by atoms with E-state index in [2.05, 4.69) is 20.9 Å².